The number of hydrogen-bond acceptors (Lipinski definition) is 2. The van der Waals surface area contributed by atoms with E-state index in [0.29, 0.717) is 0 Å². The summed E-state index contributed by atoms with van der Waals surface area (Å²) in [5.41, 5.74) is 7.66. The first-order chi connectivity index (χ1) is 14.7. The first-order valence-corrected chi connectivity index (χ1v) is 12.3. The lowest BCUT2D eigenvalue weighted by molar-refractivity contribution is 0.789. The quantitative estimate of drug-likeness (QED) is 0.212. The van der Waals surface area contributed by atoms with Crippen LogP contribution in [0.1, 0.15) is 69.2 Å². The first-order valence-electron chi connectivity index (χ1n) is 11.1. The van der Waals surface area contributed by atoms with Crippen molar-refractivity contribution in [2.75, 3.05) is 0 Å². The Morgan fingerprint density at radius 3 is 2.13 bits per heavy atom. The van der Waals surface area contributed by atoms with Crippen LogP contribution in [0.5, 0.6) is 0 Å². The third-order valence-corrected chi connectivity index (χ3v) is 6.00. The smallest absolute Gasteiger partial charge is 0.0496 e. The maximum atomic E-state index is 5.25. The topological polar surface area (TPSA) is 0 Å². The van der Waals surface area contributed by atoms with Crippen molar-refractivity contribution in [3.63, 3.8) is 0 Å². The van der Waals surface area contributed by atoms with Crippen LogP contribution < -0.4 is 0 Å². The van der Waals surface area contributed by atoms with Gasteiger partial charge in [0.25, 0.3) is 0 Å². The van der Waals surface area contributed by atoms with E-state index in [-0.39, 0.29) is 0 Å². The molecule has 0 saturated heterocycles. The zero-order valence-corrected chi connectivity index (χ0v) is 21.6. The van der Waals surface area contributed by atoms with Crippen molar-refractivity contribution in [3.05, 3.63) is 100.0 Å². The van der Waals surface area contributed by atoms with Crippen LogP contribution in [-0.2, 0) is 12.8 Å². The zero-order valence-electron chi connectivity index (χ0n) is 20.0. The fourth-order valence-corrected chi connectivity index (χ4v) is 3.89. The standard InChI is InChI=1S/C22H24S2.C7H14/c1-16(2)22(24-18(4)23)15-21-8-6-5-7-20(21)14-13-19-11-9-17(3)10-12-19;1-4-5-6-7(2)3/h5-12,15H,1,13-14H2,2-4H3;2,4-6H2,1,3H3/b22-15-;. The largest absolute Gasteiger partial charge is 0.100 e. The van der Waals surface area contributed by atoms with Crippen molar-refractivity contribution < 1.29 is 0 Å². The van der Waals surface area contributed by atoms with Crippen LogP contribution in [-0.4, -0.2) is 4.20 Å². The molecule has 2 heteroatoms. The van der Waals surface area contributed by atoms with Crippen LogP contribution in [0.2, 0.25) is 0 Å². The second-order valence-corrected chi connectivity index (χ2v) is 10.3. The SMILES string of the molecule is C=C(C)/C(=C/c1ccccc1CCc1ccc(C)cc1)SC(C)=S.C=C(C)CCCC. The van der Waals surface area contributed by atoms with Crippen molar-refractivity contribution in [2.45, 2.75) is 66.7 Å². The van der Waals surface area contributed by atoms with E-state index < -0.39 is 0 Å². The van der Waals surface area contributed by atoms with Crippen LogP contribution in [0.25, 0.3) is 6.08 Å². The molecule has 0 aliphatic rings. The number of hydrogen-bond donors (Lipinski definition) is 0. The summed E-state index contributed by atoms with van der Waals surface area (Å²) in [4.78, 5) is 1.14. The average molecular weight is 451 g/mol. The molecule has 0 aliphatic carbocycles. The van der Waals surface area contributed by atoms with Gasteiger partial charge in [-0.25, -0.2) is 0 Å². The van der Waals surface area contributed by atoms with Gasteiger partial charge in [-0.2, -0.15) is 0 Å². The lowest BCUT2D eigenvalue weighted by Gasteiger charge is -2.10. The number of unbranched alkanes of at least 4 members (excludes halogenated alkanes) is 1. The first kappa shape index (κ1) is 27.1. The molecule has 31 heavy (non-hydrogen) atoms. The molecule has 0 saturated carbocycles. The van der Waals surface area contributed by atoms with E-state index in [4.69, 9.17) is 12.2 Å². The predicted molar refractivity (Wildman–Crippen MR) is 148 cm³/mol. The molecule has 166 valence electrons. The van der Waals surface area contributed by atoms with Gasteiger partial charge in [-0.1, -0.05) is 104 Å². The van der Waals surface area contributed by atoms with Crippen LogP contribution in [0.15, 0.2) is 77.7 Å². The third-order valence-electron chi connectivity index (χ3n) is 4.78. The highest BCUT2D eigenvalue weighted by Gasteiger charge is 2.05. The Kier molecular flexibility index (Phi) is 13.1. The summed E-state index contributed by atoms with van der Waals surface area (Å²) in [7, 11) is 0. The van der Waals surface area contributed by atoms with Gasteiger partial charge in [0.2, 0.25) is 0 Å². The van der Waals surface area contributed by atoms with Gasteiger partial charge in [-0.15, -0.1) is 6.58 Å². The monoisotopic (exact) mass is 450 g/mol. The van der Waals surface area contributed by atoms with E-state index >= 15 is 0 Å². The van der Waals surface area contributed by atoms with Crippen molar-refractivity contribution in [2.24, 2.45) is 0 Å². The lowest BCUT2D eigenvalue weighted by atomic mass is 9.99. The number of aryl methyl sites for hydroxylation is 3. The molecule has 0 aromatic heterocycles. The van der Waals surface area contributed by atoms with E-state index in [2.05, 4.69) is 88.5 Å². The van der Waals surface area contributed by atoms with E-state index in [0.717, 1.165) is 27.5 Å². The number of thiocarbonyl (C=S) groups is 1. The van der Waals surface area contributed by atoms with Crippen LogP contribution in [0, 0.1) is 6.92 Å². The van der Waals surface area contributed by atoms with Gasteiger partial charge in [-0.3, -0.25) is 0 Å². The number of allylic oxidation sites excluding steroid dienone is 2. The molecule has 2 aromatic rings. The van der Waals surface area contributed by atoms with Crippen molar-refractivity contribution in [3.8, 4) is 0 Å². The third kappa shape index (κ3) is 11.9. The minimum atomic E-state index is 0.918. The summed E-state index contributed by atoms with van der Waals surface area (Å²) in [6, 6.07) is 17.4. The summed E-state index contributed by atoms with van der Waals surface area (Å²) in [5.74, 6) is 0. The molecule has 0 spiro atoms. The van der Waals surface area contributed by atoms with Gasteiger partial charge >= 0.3 is 0 Å². The van der Waals surface area contributed by atoms with Gasteiger partial charge in [0.15, 0.2) is 0 Å². The van der Waals surface area contributed by atoms with Crippen molar-refractivity contribution >= 4 is 34.3 Å². The second-order valence-electron chi connectivity index (χ2n) is 8.13. The minimum Gasteiger partial charge on any atom is -0.100 e. The van der Waals surface area contributed by atoms with Crippen molar-refractivity contribution in [1.82, 2.24) is 0 Å². The Hall–Kier alpha value is -1.90. The summed E-state index contributed by atoms with van der Waals surface area (Å²) < 4.78 is 0.918. The van der Waals surface area contributed by atoms with Gasteiger partial charge in [0.05, 0.1) is 0 Å². The molecular formula is C29H38S2. The fraction of sp³-hybridized carbons (Fsp3) is 0.345. The molecule has 0 aliphatic heterocycles. The van der Waals surface area contributed by atoms with Gasteiger partial charge in [0.1, 0.15) is 0 Å². The summed E-state index contributed by atoms with van der Waals surface area (Å²) in [6.07, 6.45) is 8.08. The average Bonchev–Trinajstić information content (AvgIpc) is 2.72. The Balaban J connectivity index is 0.000000592. The summed E-state index contributed by atoms with van der Waals surface area (Å²) in [6.45, 7) is 18.3. The number of rotatable bonds is 9. The molecule has 0 N–H and O–H groups in total. The van der Waals surface area contributed by atoms with Crippen LogP contribution >= 0.6 is 24.0 Å². The molecular weight excluding hydrogens is 412 g/mol. The highest BCUT2D eigenvalue weighted by atomic mass is 32.2. The molecule has 0 heterocycles. The molecule has 0 amide bonds. The van der Waals surface area contributed by atoms with E-state index in [1.165, 1.54) is 47.1 Å². The molecule has 0 atom stereocenters. The normalized spacial score (nSPS) is 10.8. The van der Waals surface area contributed by atoms with Gasteiger partial charge in [0, 0.05) is 9.10 Å². The molecule has 0 unspecified atom stereocenters. The molecule has 0 fully saturated rings. The predicted octanol–water partition coefficient (Wildman–Crippen LogP) is 9.53. The van der Waals surface area contributed by atoms with Gasteiger partial charge < -0.3 is 0 Å². The number of thioether (sulfide) groups is 1. The molecule has 2 aromatic carbocycles. The van der Waals surface area contributed by atoms with E-state index in [9.17, 15) is 0 Å². The Morgan fingerprint density at radius 1 is 0.968 bits per heavy atom. The number of benzene rings is 2. The van der Waals surface area contributed by atoms with Crippen LogP contribution in [0.3, 0.4) is 0 Å². The highest BCUT2D eigenvalue weighted by molar-refractivity contribution is 8.25. The minimum absolute atomic E-state index is 0.918. The molecule has 0 bridgehead atoms. The maximum Gasteiger partial charge on any atom is 0.0496 e. The molecule has 0 radical (unpaired) electrons. The van der Waals surface area contributed by atoms with E-state index in [1.54, 1.807) is 11.8 Å². The molecule has 2 rings (SSSR count). The van der Waals surface area contributed by atoms with E-state index in [1.807, 2.05) is 13.8 Å². The zero-order chi connectivity index (χ0) is 23.2. The second kappa shape index (κ2) is 15.0. The highest BCUT2D eigenvalue weighted by Crippen LogP contribution is 2.28. The van der Waals surface area contributed by atoms with Crippen LogP contribution in [0.4, 0.5) is 0 Å². The van der Waals surface area contributed by atoms with Crippen molar-refractivity contribution in [1.29, 1.82) is 0 Å². The summed E-state index contributed by atoms with van der Waals surface area (Å²) >= 11 is 6.87. The Labute approximate surface area is 200 Å². The molecule has 0 nitrogen and oxygen atoms in total. The maximum absolute atomic E-state index is 5.25. The summed E-state index contributed by atoms with van der Waals surface area (Å²) in [5, 5.41) is 0. The van der Waals surface area contributed by atoms with Gasteiger partial charge in [-0.05, 0) is 81.7 Å². The fourth-order valence-electron chi connectivity index (χ4n) is 2.95. The Morgan fingerprint density at radius 2 is 1.61 bits per heavy atom. The Bertz CT molecular complexity index is 885. The lowest BCUT2D eigenvalue weighted by Crippen LogP contribution is -1.95.